The fraction of sp³-hybridized carbons (Fsp3) is 0.263. The van der Waals surface area contributed by atoms with Crippen LogP contribution in [0.3, 0.4) is 0 Å². The lowest BCUT2D eigenvalue weighted by atomic mass is 10.1. The van der Waals surface area contributed by atoms with E-state index in [1.165, 1.54) is 7.05 Å². The number of primary amides is 1. The summed E-state index contributed by atoms with van der Waals surface area (Å²) in [4.78, 5) is 20.8. The number of carbonyl (C=O) groups is 1. The van der Waals surface area contributed by atoms with Crippen molar-refractivity contribution in [2.24, 2.45) is 5.73 Å². The topological polar surface area (TPSA) is 87.4 Å². The van der Waals surface area contributed by atoms with Crippen molar-refractivity contribution in [1.29, 1.82) is 5.26 Å². The SMILES string of the molecule is [2H]C([2H])([2H])N(C)c1nc(SC(C(N)=O)c2ccccc2)c(C#N)c(CC)c1[N+]#[C-]. The Morgan fingerprint density at radius 2 is 2.23 bits per heavy atom. The summed E-state index contributed by atoms with van der Waals surface area (Å²) >= 11 is 0.971. The fourth-order valence-corrected chi connectivity index (χ4v) is 3.57. The van der Waals surface area contributed by atoms with Crippen LogP contribution >= 0.6 is 11.8 Å². The summed E-state index contributed by atoms with van der Waals surface area (Å²) in [7, 11) is 1.31. The highest BCUT2D eigenvalue weighted by Gasteiger charge is 2.26. The molecular formula is C19H19N5OS. The summed E-state index contributed by atoms with van der Waals surface area (Å²) < 4.78 is 23.0. The number of aromatic nitrogens is 1. The third kappa shape index (κ3) is 3.79. The molecule has 0 aliphatic rings. The van der Waals surface area contributed by atoms with E-state index in [1.54, 1.807) is 37.3 Å². The van der Waals surface area contributed by atoms with Crippen molar-refractivity contribution in [3.05, 3.63) is 58.4 Å². The number of hydrogen-bond acceptors (Lipinski definition) is 5. The molecule has 1 amide bonds. The predicted octanol–water partition coefficient (Wildman–Crippen LogP) is 3.45. The van der Waals surface area contributed by atoms with Gasteiger partial charge in [0.1, 0.15) is 22.2 Å². The van der Waals surface area contributed by atoms with Crippen LogP contribution in [0.2, 0.25) is 0 Å². The maximum Gasteiger partial charge on any atom is 0.235 e. The molecule has 0 saturated heterocycles. The Bertz CT molecular complexity index is 996. The first kappa shape index (κ1) is 15.2. The Balaban J connectivity index is 2.72. The molecule has 0 aliphatic carbocycles. The van der Waals surface area contributed by atoms with Gasteiger partial charge in [-0.05, 0) is 17.5 Å². The molecule has 0 aliphatic heterocycles. The Morgan fingerprint density at radius 3 is 2.73 bits per heavy atom. The number of thioether (sulfide) groups is 1. The highest BCUT2D eigenvalue weighted by molar-refractivity contribution is 8.00. The Labute approximate surface area is 161 Å². The Hall–Kier alpha value is -3.03. The quantitative estimate of drug-likeness (QED) is 0.623. The van der Waals surface area contributed by atoms with Gasteiger partial charge in [0.2, 0.25) is 11.6 Å². The second-order valence-electron chi connectivity index (χ2n) is 5.39. The van der Waals surface area contributed by atoms with Crippen molar-refractivity contribution >= 4 is 29.2 Å². The van der Waals surface area contributed by atoms with E-state index in [2.05, 4.69) is 15.9 Å². The minimum atomic E-state index is -2.53. The number of nitrogens with two attached hydrogens (primary N) is 1. The molecule has 1 atom stereocenters. The van der Waals surface area contributed by atoms with Gasteiger partial charge in [0.05, 0.1) is 12.1 Å². The molecule has 1 unspecified atom stereocenters. The van der Waals surface area contributed by atoms with Crippen LogP contribution in [0.4, 0.5) is 11.5 Å². The van der Waals surface area contributed by atoms with Gasteiger partial charge >= 0.3 is 0 Å². The molecule has 7 heteroatoms. The molecule has 0 radical (unpaired) electrons. The van der Waals surface area contributed by atoms with Crippen LogP contribution in [0.25, 0.3) is 4.85 Å². The van der Waals surface area contributed by atoms with Crippen molar-refractivity contribution in [3.8, 4) is 6.07 Å². The average molecular weight is 368 g/mol. The normalized spacial score (nSPS) is 13.5. The van der Waals surface area contributed by atoms with Gasteiger partial charge in [-0.3, -0.25) is 4.79 Å². The van der Waals surface area contributed by atoms with E-state index in [-0.39, 0.29) is 22.1 Å². The maximum absolute atomic E-state index is 12.1. The van der Waals surface area contributed by atoms with E-state index < -0.39 is 18.1 Å². The first-order valence-electron chi connectivity index (χ1n) is 9.24. The highest BCUT2D eigenvalue weighted by atomic mass is 32.2. The molecule has 6 nitrogen and oxygen atoms in total. The van der Waals surface area contributed by atoms with E-state index in [9.17, 15) is 10.1 Å². The summed E-state index contributed by atoms with van der Waals surface area (Å²) in [6.45, 7) is 6.73. The number of anilines is 1. The zero-order valence-corrected chi connectivity index (χ0v) is 15.2. The molecule has 2 N–H and O–H groups in total. The Kier molecular flexibility index (Phi) is 4.91. The number of carbonyl (C=O) groups excluding carboxylic acids is 1. The summed E-state index contributed by atoms with van der Waals surface area (Å²) in [5, 5.41) is 9.05. The standard InChI is InChI=1S/C19H19N5OS/c1-5-13-14(11-20)19(23-18(24(3)4)15(13)22-2)26-16(17(21)25)12-9-7-6-8-10-12/h6-10,16H,5H2,1,3-4H3,(H2,21,25)/i3D3. The van der Waals surface area contributed by atoms with E-state index in [4.69, 9.17) is 16.4 Å². The predicted molar refractivity (Wildman–Crippen MR) is 103 cm³/mol. The smallest absolute Gasteiger partial charge is 0.235 e. The van der Waals surface area contributed by atoms with Crippen LogP contribution in [0.5, 0.6) is 0 Å². The molecule has 2 aromatic rings. The number of pyridine rings is 1. The van der Waals surface area contributed by atoms with Crippen molar-refractivity contribution in [2.75, 3.05) is 18.9 Å². The minimum absolute atomic E-state index is 0.0161. The van der Waals surface area contributed by atoms with Crippen LogP contribution in [0.15, 0.2) is 35.4 Å². The highest BCUT2D eigenvalue weighted by Crippen LogP contribution is 2.42. The van der Waals surface area contributed by atoms with Crippen LogP contribution in [0.1, 0.15) is 33.0 Å². The lowest BCUT2D eigenvalue weighted by Crippen LogP contribution is -2.19. The van der Waals surface area contributed by atoms with E-state index in [0.717, 1.165) is 16.7 Å². The first-order chi connectivity index (χ1) is 13.6. The number of rotatable bonds is 6. The summed E-state index contributed by atoms with van der Waals surface area (Å²) in [6.07, 6.45) is 0.325. The van der Waals surface area contributed by atoms with Gasteiger partial charge in [0, 0.05) is 18.1 Å². The van der Waals surface area contributed by atoms with Gasteiger partial charge in [-0.25, -0.2) is 9.83 Å². The zero-order valence-electron chi connectivity index (χ0n) is 17.4. The third-order valence-corrected chi connectivity index (χ3v) is 4.96. The van der Waals surface area contributed by atoms with Gasteiger partial charge in [0.15, 0.2) is 0 Å². The summed E-state index contributed by atoms with van der Waals surface area (Å²) in [6, 6.07) is 10.8. The van der Waals surface area contributed by atoms with E-state index >= 15 is 0 Å². The number of nitrogens with zero attached hydrogens (tertiary/aromatic N) is 4. The number of benzene rings is 1. The maximum atomic E-state index is 12.1. The molecule has 0 fully saturated rings. The van der Waals surface area contributed by atoms with Gasteiger partial charge in [-0.1, -0.05) is 49.0 Å². The first-order valence-corrected chi connectivity index (χ1v) is 8.62. The van der Waals surface area contributed by atoms with E-state index in [0.29, 0.717) is 17.5 Å². The van der Waals surface area contributed by atoms with Gasteiger partial charge in [0.25, 0.3) is 0 Å². The van der Waals surface area contributed by atoms with Crippen LogP contribution in [-0.2, 0) is 11.2 Å². The van der Waals surface area contributed by atoms with Crippen LogP contribution < -0.4 is 10.6 Å². The molecule has 0 saturated carbocycles. The zero-order chi connectivity index (χ0) is 21.8. The minimum Gasteiger partial charge on any atom is -0.371 e. The van der Waals surface area contributed by atoms with Crippen molar-refractivity contribution in [1.82, 2.24) is 4.98 Å². The molecule has 0 bridgehead atoms. The van der Waals surface area contributed by atoms with Crippen molar-refractivity contribution < 1.29 is 8.91 Å². The second kappa shape index (κ2) is 8.37. The van der Waals surface area contributed by atoms with Gasteiger partial charge < -0.3 is 10.6 Å². The summed E-state index contributed by atoms with van der Waals surface area (Å²) in [5.41, 5.74) is 6.77. The number of hydrogen-bond donors (Lipinski definition) is 1. The molecule has 0 spiro atoms. The monoisotopic (exact) mass is 368 g/mol. The lowest BCUT2D eigenvalue weighted by Gasteiger charge is -2.20. The Morgan fingerprint density at radius 1 is 1.54 bits per heavy atom. The molecule has 1 heterocycles. The summed E-state index contributed by atoms with van der Waals surface area (Å²) in [5.74, 6) is -0.681. The van der Waals surface area contributed by atoms with Gasteiger partial charge in [-0.2, -0.15) is 5.26 Å². The van der Waals surface area contributed by atoms with Crippen molar-refractivity contribution in [2.45, 2.75) is 23.6 Å². The lowest BCUT2D eigenvalue weighted by molar-refractivity contribution is -0.117. The molecule has 132 valence electrons. The number of nitriles is 1. The largest absolute Gasteiger partial charge is 0.371 e. The third-order valence-electron chi connectivity index (χ3n) is 3.71. The van der Waals surface area contributed by atoms with Gasteiger partial charge in [-0.15, -0.1) is 0 Å². The van der Waals surface area contributed by atoms with Crippen LogP contribution in [-0.4, -0.2) is 24.9 Å². The molecule has 2 rings (SSSR count). The van der Waals surface area contributed by atoms with E-state index in [1.807, 2.05) is 0 Å². The number of amides is 1. The molecule has 1 aromatic carbocycles. The fourth-order valence-electron chi connectivity index (χ4n) is 2.51. The second-order valence-corrected chi connectivity index (χ2v) is 6.48. The molecular weight excluding hydrogens is 346 g/mol. The van der Waals surface area contributed by atoms with Crippen LogP contribution in [0, 0.1) is 17.9 Å². The molecule has 1 aromatic heterocycles. The van der Waals surface area contributed by atoms with Crippen molar-refractivity contribution in [3.63, 3.8) is 0 Å². The average Bonchev–Trinajstić information content (AvgIpc) is 2.69. The molecule has 26 heavy (non-hydrogen) atoms.